The topological polar surface area (TPSA) is 56.1 Å². The number of phenolic OH excluding ortho intramolecular Hbond substituents is 2. The largest absolute Gasteiger partial charge is 0.504 e. The molecule has 0 saturated carbocycles. The van der Waals surface area contributed by atoms with E-state index >= 15 is 0 Å². The summed E-state index contributed by atoms with van der Waals surface area (Å²) in [6, 6.07) is 2.95. The third-order valence-electron chi connectivity index (χ3n) is 2.24. The van der Waals surface area contributed by atoms with Crippen molar-refractivity contribution in [2.24, 2.45) is 4.99 Å². The molecule has 0 aliphatic carbocycles. The van der Waals surface area contributed by atoms with Crippen molar-refractivity contribution in [3.05, 3.63) is 22.7 Å². The predicted octanol–water partition coefficient (Wildman–Crippen LogP) is -0.0327. The Morgan fingerprint density at radius 3 is 2.80 bits per heavy atom. The summed E-state index contributed by atoms with van der Waals surface area (Å²) >= 11 is 5.63. The molecular formula is C10H11ClN2O2. The fraction of sp³-hybridized carbons (Fsp3) is 0.300. The summed E-state index contributed by atoms with van der Waals surface area (Å²) in [5.74, 6) is 0.260. The molecule has 0 fully saturated rings. The van der Waals surface area contributed by atoms with E-state index in [1.165, 1.54) is 12.1 Å². The van der Waals surface area contributed by atoms with Crippen LogP contribution in [0.3, 0.4) is 0 Å². The van der Waals surface area contributed by atoms with Gasteiger partial charge in [-0.05, 0) is 6.07 Å². The molecule has 1 aliphatic rings. The lowest BCUT2D eigenvalue weighted by atomic mass is 10.2. The highest BCUT2D eigenvalue weighted by molar-refractivity contribution is 6.18. The fourth-order valence-corrected chi connectivity index (χ4v) is 1.69. The van der Waals surface area contributed by atoms with Crippen LogP contribution in [0.15, 0.2) is 17.1 Å². The molecule has 2 N–H and O–H groups in total. The van der Waals surface area contributed by atoms with Crippen LogP contribution in [0, 0.1) is 0 Å². The molecule has 0 unspecified atom stereocenters. The molecule has 4 nitrogen and oxygen atoms in total. The van der Waals surface area contributed by atoms with Crippen LogP contribution < -0.4 is 10.6 Å². The third kappa shape index (κ3) is 1.99. The van der Waals surface area contributed by atoms with Crippen LogP contribution in [0.4, 0.5) is 0 Å². The zero-order valence-corrected chi connectivity index (χ0v) is 8.78. The van der Waals surface area contributed by atoms with Gasteiger partial charge >= 0.3 is 0 Å². The number of alkyl halides is 1. The minimum absolute atomic E-state index is 0.132. The summed E-state index contributed by atoms with van der Waals surface area (Å²) in [6.45, 7) is 1.25. The Hall–Kier alpha value is -1.42. The van der Waals surface area contributed by atoms with Gasteiger partial charge in [0.25, 0.3) is 0 Å². The van der Waals surface area contributed by atoms with E-state index in [2.05, 4.69) is 4.99 Å². The molecule has 0 amide bonds. The Labute approximate surface area is 91.7 Å². The van der Waals surface area contributed by atoms with Gasteiger partial charge in [-0.3, -0.25) is 4.99 Å². The highest BCUT2D eigenvalue weighted by atomic mass is 35.5. The molecule has 15 heavy (non-hydrogen) atoms. The Kier molecular flexibility index (Phi) is 2.68. The fourth-order valence-electron chi connectivity index (χ4n) is 1.47. The van der Waals surface area contributed by atoms with Crippen LogP contribution in [0.2, 0.25) is 0 Å². The van der Waals surface area contributed by atoms with Gasteiger partial charge in [-0.1, -0.05) is 0 Å². The van der Waals surface area contributed by atoms with Crippen molar-refractivity contribution in [1.29, 1.82) is 0 Å². The number of benzene rings is 1. The molecule has 2 rings (SSSR count). The van der Waals surface area contributed by atoms with E-state index in [1.54, 1.807) is 0 Å². The second kappa shape index (κ2) is 3.98. The summed E-state index contributed by atoms with van der Waals surface area (Å²) in [5, 5.41) is 20.1. The van der Waals surface area contributed by atoms with Gasteiger partial charge in [0.2, 0.25) is 0 Å². The summed E-state index contributed by atoms with van der Waals surface area (Å²) in [6.07, 6.45) is 1.88. The number of phenols is 2. The lowest BCUT2D eigenvalue weighted by molar-refractivity contribution is 0.399. The Balaban J connectivity index is 2.47. The van der Waals surface area contributed by atoms with Gasteiger partial charge in [-0.15, -0.1) is 11.6 Å². The van der Waals surface area contributed by atoms with Gasteiger partial charge in [0.15, 0.2) is 11.5 Å². The van der Waals surface area contributed by atoms with Crippen LogP contribution in [0.1, 0.15) is 0 Å². The minimum atomic E-state index is -0.142. The molecule has 0 spiro atoms. The average molecular weight is 227 g/mol. The highest BCUT2D eigenvalue weighted by Gasteiger charge is 2.06. The van der Waals surface area contributed by atoms with Crippen LogP contribution in [0.5, 0.6) is 11.5 Å². The molecule has 0 aromatic heterocycles. The number of fused-ring (bicyclic) bond motifs is 1. The number of halogens is 1. The van der Waals surface area contributed by atoms with E-state index in [1.807, 2.05) is 11.1 Å². The molecule has 80 valence electrons. The SMILES string of the molecule is Oc1cc2c(cc1O)=NCN(CCCl)C=2. The standard InChI is InChI=1S/C10H11ClN2O2/c11-1-2-13-5-7-3-9(14)10(15)4-8(7)12-6-13/h3-5,14-15H,1-2,6H2. The van der Waals surface area contributed by atoms with Crippen molar-refractivity contribution >= 4 is 17.8 Å². The van der Waals surface area contributed by atoms with Crippen LogP contribution in [-0.2, 0) is 0 Å². The maximum Gasteiger partial charge on any atom is 0.159 e. The van der Waals surface area contributed by atoms with Gasteiger partial charge in [-0.25, -0.2) is 0 Å². The van der Waals surface area contributed by atoms with Gasteiger partial charge in [0.1, 0.15) is 6.67 Å². The van der Waals surface area contributed by atoms with Crippen molar-refractivity contribution in [3.8, 4) is 11.5 Å². The number of rotatable bonds is 2. The third-order valence-corrected chi connectivity index (χ3v) is 2.41. The predicted molar refractivity (Wildman–Crippen MR) is 57.3 cm³/mol. The zero-order chi connectivity index (χ0) is 10.8. The van der Waals surface area contributed by atoms with E-state index in [0.29, 0.717) is 24.5 Å². The van der Waals surface area contributed by atoms with Crippen molar-refractivity contribution in [3.63, 3.8) is 0 Å². The van der Waals surface area contributed by atoms with Crippen LogP contribution in [0.25, 0.3) is 6.20 Å². The highest BCUT2D eigenvalue weighted by Crippen LogP contribution is 2.18. The lowest BCUT2D eigenvalue weighted by Gasteiger charge is -2.19. The summed E-state index contributed by atoms with van der Waals surface area (Å²) in [5.41, 5.74) is 0. The van der Waals surface area contributed by atoms with Crippen molar-refractivity contribution in [2.45, 2.75) is 0 Å². The van der Waals surface area contributed by atoms with Crippen LogP contribution in [-0.4, -0.2) is 34.2 Å². The Morgan fingerprint density at radius 2 is 2.07 bits per heavy atom. The molecule has 1 aromatic carbocycles. The average Bonchev–Trinajstić information content (AvgIpc) is 2.21. The minimum Gasteiger partial charge on any atom is -0.504 e. The molecule has 0 radical (unpaired) electrons. The Morgan fingerprint density at radius 1 is 1.33 bits per heavy atom. The maximum atomic E-state index is 9.34. The molecule has 1 heterocycles. The van der Waals surface area contributed by atoms with Gasteiger partial charge in [0, 0.05) is 29.9 Å². The quantitative estimate of drug-likeness (QED) is 0.550. The zero-order valence-electron chi connectivity index (χ0n) is 8.02. The Bertz CT molecular complexity index is 487. The second-order valence-corrected chi connectivity index (χ2v) is 3.71. The van der Waals surface area contributed by atoms with Crippen molar-refractivity contribution in [2.75, 3.05) is 19.1 Å². The number of nitrogens with zero attached hydrogens (tertiary/aromatic N) is 2. The van der Waals surface area contributed by atoms with Crippen LogP contribution >= 0.6 is 11.6 Å². The van der Waals surface area contributed by atoms with Crippen molar-refractivity contribution < 1.29 is 10.2 Å². The number of aromatic hydroxyl groups is 2. The monoisotopic (exact) mass is 226 g/mol. The summed E-state index contributed by atoms with van der Waals surface area (Å²) in [4.78, 5) is 6.21. The van der Waals surface area contributed by atoms with Gasteiger partial charge in [-0.2, -0.15) is 0 Å². The molecule has 0 bridgehead atoms. The van der Waals surface area contributed by atoms with E-state index < -0.39 is 0 Å². The first kappa shape index (κ1) is 10.1. The van der Waals surface area contributed by atoms with E-state index in [0.717, 1.165) is 5.22 Å². The normalized spacial score (nSPS) is 14.1. The summed E-state index contributed by atoms with van der Waals surface area (Å²) < 4.78 is 0. The molecule has 1 aliphatic heterocycles. The first-order valence-corrected chi connectivity index (χ1v) is 5.12. The molecule has 1 aromatic rings. The van der Waals surface area contributed by atoms with E-state index in [4.69, 9.17) is 11.6 Å². The maximum absolute atomic E-state index is 9.34. The van der Waals surface area contributed by atoms with Gasteiger partial charge < -0.3 is 15.1 Å². The van der Waals surface area contributed by atoms with E-state index in [-0.39, 0.29) is 11.5 Å². The molecule has 0 saturated heterocycles. The number of hydrogen-bond donors (Lipinski definition) is 2. The lowest BCUT2D eigenvalue weighted by Crippen LogP contribution is -2.36. The smallest absolute Gasteiger partial charge is 0.159 e. The summed E-state index contributed by atoms with van der Waals surface area (Å²) in [7, 11) is 0. The van der Waals surface area contributed by atoms with Gasteiger partial charge in [0.05, 0.1) is 5.36 Å². The first-order chi connectivity index (χ1) is 7.20. The number of hydrogen-bond acceptors (Lipinski definition) is 4. The first-order valence-electron chi connectivity index (χ1n) is 4.59. The molecular weight excluding hydrogens is 216 g/mol. The van der Waals surface area contributed by atoms with E-state index in [9.17, 15) is 10.2 Å². The van der Waals surface area contributed by atoms with Crippen molar-refractivity contribution in [1.82, 2.24) is 4.90 Å². The molecule has 5 heteroatoms. The molecule has 0 atom stereocenters. The second-order valence-electron chi connectivity index (χ2n) is 3.33.